The fourth-order valence-corrected chi connectivity index (χ4v) is 5.38. The Kier molecular flexibility index (Phi) is 6.77. The van der Waals surface area contributed by atoms with E-state index in [0.29, 0.717) is 22.2 Å². The van der Waals surface area contributed by atoms with E-state index in [0.717, 1.165) is 44.2 Å². The van der Waals surface area contributed by atoms with Crippen LogP contribution in [0.25, 0.3) is 0 Å². The molecule has 3 heterocycles. The summed E-state index contributed by atoms with van der Waals surface area (Å²) < 4.78 is 7.51. The van der Waals surface area contributed by atoms with Gasteiger partial charge in [-0.15, -0.1) is 10.2 Å². The summed E-state index contributed by atoms with van der Waals surface area (Å²) in [7, 11) is 1.77. The fraction of sp³-hybridized carbons (Fsp3) is 0.571. The fourth-order valence-electron chi connectivity index (χ4n) is 4.53. The molecule has 2 aromatic rings. The number of aromatic nitrogens is 3. The van der Waals surface area contributed by atoms with Gasteiger partial charge < -0.3 is 14.2 Å². The predicted molar refractivity (Wildman–Crippen MR) is 119 cm³/mol. The molecule has 2 saturated heterocycles. The Morgan fingerprint density at radius 1 is 1.31 bits per heavy atom. The molecule has 0 bridgehead atoms. The maximum absolute atomic E-state index is 13.3. The van der Waals surface area contributed by atoms with Crippen molar-refractivity contribution in [3.63, 3.8) is 0 Å². The van der Waals surface area contributed by atoms with Crippen molar-refractivity contribution in [3.8, 4) is 0 Å². The van der Waals surface area contributed by atoms with Crippen LogP contribution in [-0.4, -0.2) is 79.8 Å². The number of likely N-dealkylation sites (tertiary alicyclic amines) is 1. The molecule has 11 heteroatoms. The lowest BCUT2D eigenvalue weighted by Crippen LogP contribution is -2.50. The number of ether oxygens (including phenoxy) is 1. The Morgan fingerprint density at radius 2 is 2.06 bits per heavy atom. The van der Waals surface area contributed by atoms with Crippen LogP contribution in [-0.2, 0) is 11.8 Å². The van der Waals surface area contributed by atoms with Gasteiger partial charge in [0.15, 0.2) is 5.16 Å². The van der Waals surface area contributed by atoms with Crippen LogP contribution in [0.4, 0.5) is 5.69 Å². The molecule has 0 N–H and O–H groups in total. The van der Waals surface area contributed by atoms with Crippen LogP contribution in [0.2, 0.25) is 0 Å². The third-order valence-electron chi connectivity index (χ3n) is 5.88. The summed E-state index contributed by atoms with van der Waals surface area (Å²) in [6.07, 6.45) is 3.76. The molecule has 1 amide bonds. The van der Waals surface area contributed by atoms with Gasteiger partial charge in [0.25, 0.3) is 11.6 Å². The van der Waals surface area contributed by atoms with Crippen molar-refractivity contribution in [1.29, 1.82) is 0 Å². The van der Waals surface area contributed by atoms with Gasteiger partial charge in [0.05, 0.1) is 22.0 Å². The molecule has 4 rings (SSSR count). The van der Waals surface area contributed by atoms with Crippen LogP contribution >= 0.6 is 11.8 Å². The van der Waals surface area contributed by atoms with Gasteiger partial charge in [-0.25, -0.2) is 0 Å². The first kappa shape index (κ1) is 22.7. The maximum Gasteiger partial charge on any atom is 0.284 e. The van der Waals surface area contributed by atoms with Crippen molar-refractivity contribution in [2.75, 3.05) is 26.2 Å². The van der Waals surface area contributed by atoms with Gasteiger partial charge in [0.2, 0.25) is 0 Å². The highest BCUT2D eigenvalue weighted by atomic mass is 32.2. The predicted octanol–water partition coefficient (Wildman–Crippen LogP) is 2.59. The molecule has 3 unspecified atom stereocenters. The Hall–Kier alpha value is -2.50. The van der Waals surface area contributed by atoms with Crippen LogP contribution in [0.5, 0.6) is 0 Å². The van der Waals surface area contributed by atoms with Crippen molar-refractivity contribution >= 4 is 23.4 Å². The number of benzene rings is 1. The molecule has 2 fully saturated rings. The second kappa shape index (κ2) is 9.55. The number of morpholine rings is 1. The first-order valence-electron chi connectivity index (χ1n) is 10.8. The number of hydrogen-bond donors (Lipinski definition) is 0. The molecule has 0 aliphatic carbocycles. The third-order valence-corrected chi connectivity index (χ3v) is 6.99. The number of nitro benzene ring substituents is 1. The van der Waals surface area contributed by atoms with Crippen molar-refractivity contribution < 1.29 is 14.5 Å². The molecule has 0 spiro atoms. The molecule has 3 atom stereocenters. The van der Waals surface area contributed by atoms with Crippen molar-refractivity contribution in [1.82, 2.24) is 24.6 Å². The largest absolute Gasteiger partial charge is 0.373 e. The molecule has 2 aliphatic heterocycles. The van der Waals surface area contributed by atoms with Crippen molar-refractivity contribution in [2.24, 2.45) is 7.05 Å². The van der Waals surface area contributed by atoms with E-state index < -0.39 is 4.92 Å². The topological polar surface area (TPSA) is 107 Å². The van der Waals surface area contributed by atoms with Crippen molar-refractivity contribution in [2.45, 2.75) is 55.0 Å². The number of rotatable bonds is 6. The standard InChI is InChI=1S/C21H28N6O4S/c1-14-10-25(11-15(2)31-14)12-17-5-4-8-26(17)20(28)16-6-7-19(18(9-16)27(29)30)32-21-23-22-13-24(21)3/h6-7,9,13-15,17H,4-5,8,10-12H2,1-3H3. The molecule has 0 radical (unpaired) electrons. The van der Waals surface area contributed by atoms with Crippen molar-refractivity contribution in [3.05, 3.63) is 40.2 Å². The molecule has 32 heavy (non-hydrogen) atoms. The Labute approximate surface area is 191 Å². The SMILES string of the molecule is CC1CN(CC2CCCN2C(=O)c2ccc(Sc3nncn3C)c([N+](=O)[O-])c2)CC(C)O1. The summed E-state index contributed by atoms with van der Waals surface area (Å²) in [5.41, 5.74) is 0.241. The number of carbonyl (C=O) groups excluding carboxylic acids is 1. The monoisotopic (exact) mass is 460 g/mol. The molecule has 1 aromatic heterocycles. The average Bonchev–Trinajstić information content (AvgIpc) is 3.36. The summed E-state index contributed by atoms with van der Waals surface area (Å²) in [4.78, 5) is 29.2. The highest BCUT2D eigenvalue weighted by molar-refractivity contribution is 7.99. The number of nitrogens with zero attached hydrogens (tertiary/aromatic N) is 6. The summed E-state index contributed by atoms with van der Waals surface area (Å²) in [6.45, 7) is 7.30. The zero-order valence-electron chi connectivity index (χ0n) is 18.5. The molecular formula is C21H28N6O4S. The van der Waals surface area contributed by atoms with Gasteiger partial charge in [-0.3, -0.25) is 19.8 Å². The molecule has 2 aliphatic rings. The lowest BCUT2D eigenvalue weighted by Gasteiger charge is -2.38. The second-order valence-corrected chi connectivity index (χ2v) is 9.55. The second-order valence-electron chi connectivity index (χ2n) is 8.54. The minimum Gasteiger partial charge on any atom is -0.373 e. The Bertz CT molecular complexity index is 988. The van der Waals surface area contributed by atoms with E-state index in [1.165, 1.54) is 12.4 Å². The molecule has 1 aromatic carbocycles. The number of nitro groups is 1. The zero-order chi connectivity index (χ0) is 22.8. The summed E-state index contributed by atoms with van der Waals surface area (Å²) in [6, 6.07) is 4.78. The Morgan fingerprint density at radius 3 is 2.72 bits per heavy atom. The normalized spacial score (nSPS) is 24.1. The van der Waals surface area contributed by atoms with Crippen LogP contribution < -0.4 is 0 Å². The molecule has 0 saturated carbocycles. The van der Waals surface area contributed by atoms with Gasteiger partial charge in [0, 0.05) is 50.9 Å². The lowest BCUT2D eigenvalue weighted by molar-refractivity contribution is -0.387. The van der Waals surface area contributed by atoms with E-state index in [9.17, 15) is 14.9 Å². The summed E-state index contributed by atoms with van der Waals surface area (Å²) in [5, 5.41) is 20.0. The maximum atomic E-state index is 13.3. The number of aryl methyl sites for hydroxylation is 1. The van der Waals surface area contributed by atoms with E-state index in [1.54, 1.807) is 23.7 Å². The van der Waals surface area contributed by atoms with Gasteiger partial charge in [-0.2, -0.15) is 0 Å². The minimum atomic E-state index is -0.451. The smallest absolute Gasteiger partial charge is 0.284 e. The number of carbonyl (C=O) groups is 1. The average molecular weight is 461 g/mol. The highest BCUT2D eigenvalue weighted by Crippen LogP contribution is 2.35. The van der Waals surface area contributed by atoms with E-state index in [1.807, 2.05) is 4.90 Å². The van der Waals surface area contributed by atoms with E-state index in [-0.39, 0.29) is 29.8 Å². The van der Waals surface area contributed by atoms with E-state index >= 15 is 0 Å². The van der Waals surface area contributed by atoms with Crippen LogP contribution in [0, 0.1) is 10.1 Å². The molecule has 10 nitrogen and oxygen atoms in total. The number of amides is 1. The first-order valence-corrected chi connectivity index (χ1v) is 11.6. The highest BCUT2D eigenvalue weighted by Gasteiger charge is 2.33. The van der Waals surface area contributed by atoms with Crippen LogP contribution in [0.3, 0.4) is 0 Å². The van der Waals surface area contributed by atoms with Gasteiger partial charge in [0.1, 0.15) is 6.33 Å². The lowest BCUT2D eigenvalue weighted by atomic mass is 10.1. The summed E-state index contributed by atoms with van der Waals surface area (Å²) in [5.74, 6) is -0.153. The zero-order valence-corrected chi connectivity index (χ0v) is 19.3. The quantitative estimate of drug-likeness (QED) is 0.478. The Balaban J connectivity index is 1.51. The van der Waals surface area contributed by atoms with Crippen LogP contribution in [0.1, 0.15) is 37.0 Å². The number of hydrogen-bond acceptors (Lipinski definition) is 8. The third kappa shape index (κ3) is 4.94. The first-order chi connectivity index (χ1) is 15.3. The minimum absolute atomic E-state index is 0.101. The van der Waals surface area contributed by atoms with E-state index in [4.69, 9.17) is 4.74 Å². The van der Waals surface area contributed by atoms with Gasteiger partial charge in [-0.05, 0) is 50.6 Å². The summed E-state index contributed by atoms with van der Waals surface area (Å²) >= 11 is 1.16. The molecular weight excluding hydrogens is 432 g/mol. The molecule has 172 valence electrons. The van der Waals surface area contributed by atoms with Gasteiger partial charge >= 0.3 is 0 Å². The van der Waals surface area contributed by atoms with E-state index in [2.05, 4.69) is 28.9 Å². The van der Waals surface area contributed by atoms with Crippen LogP contribution in [0.15, 0.2) is 34.6 Å². The van der Waals surface area contributed by atoms with Gasteiger partial charge in [-0.1, -0.05) is 0 Å².